The summed E-state index contributed by atoms with van der Waals surface area (Å²) in [6, 6.07) is 75.7. The van der Waals surface area contributed by atoms with Crippen LogP contribution in [-0.4, -0.2) is 0 Å². The van der Waals surface area contributed by atoms with Crippen LogP contribution < -0.4 is 9.64 Å². The van der Waals surface area contributed by atoms with Crippen LogP contribution in [0.3, 0.4) is 0 Å². The standard InChI is InChI=1S/C52H35NO/c1-4-12-36(13-5-1)39-20-26-43(27-21-39)53(44-28-22-40(23-29-44)37-14-6-2-7-15-37)45-30-32-48-47-31-24-42(38-16-8-3-9-17-38)34-49(47)52-46-19-11-10-18-41(46)25-33-50(52)54-51(48)35-45/h1-35H. The molecule has 1 aliphatic heterocycles. The highest BCUT2D eigenvalue weighted by Gasteiger charge is 2.25. The number of rotatable bonds is 6. The van der Waals surface area contributed by atoms with E-state index in [0.717, 1.165) is 45.3 Å². The minimum absolute atomic E-state index is 0.821. The normalized spacial score (nSPS) is 11.5. The topological polar surface area (TPSA) is 12.5 Å². The minimum atomic E-state index is 0.821. The Bertz CT molecular complexity index is 2670. The van der Waals surface area contributed by atoms with Gasteiger partial charge < -0.3 is 9.64 Å². The Balaban J connectivity index is 1.13. The zero-order chi connectivity index (χ0) is 35.8. The summed E-state index contributed by atoms with van der Waals surface area (Å²) in [7, 11) is 0. The van der Waals surface area contributed by atoms with Gasteiger partial charge in [-0.2, -0.15) is 0 Å². The number of ether oxygens (including phenoxy) is 1. The third kappa shape index (κ3) is 5.71. The average Bonchev–Trinajstić information content (AvgIpc) is 3.39. The molecule has 0 saturated heterocycles. The van der Waals surface area contributed by atoms with Crippen molar-refractivity contribution in [3.05, 3.63) is 212 Å². The summed E-state index contributed by atoms with van der Waals surface area (Å²) in [5, 5.41) is 2.36. The molecule has 10 rings (SSSR count). The maximum atomic E-state index is 7.03. The lowest BCUT2D eigenvalue weighted by atomic mass is 9.88. The molecule has 2 nitrogen and oxygen atoms in total. The Kier molecular flexibility index (Phi) is 7.85. The quantitative estimate of drug-likeness (QED) is 0.172. The van der Waals surface area contributed by atoms with Gasteiger partial charge in [0.25, 0.3) is 0 Å². The fourth-order valence-electron chi connectivity index (χ4n) is 7.80. The lowest BCUT2D eigenvalue weighted by Crippen LogP contribution is -2.10. The predicted octanol–water partition coefficient (Wildman–Crippen LogP) is 14.8. The Morgan fingerprint density at radius 1 is 0.296 bits per heavy atom. The summed E-state index contributed by atoms with van der Waals surface area (Å²) in [6.07, 6.45) is 0. The van der Waals surface area contributed by atoms with E-state index in [1.807, 2.05) is 0 Å². The monoisotopic (exact) mass is 689 g/mol. The summed E-state index contributed by atoms with van der Waals surface area (Å²) < 4.78 is 7.03. The summed E-state index contributed by atoms with van der Waals surface area (Å²) in [4.78, 5) is 2.32. The molecule has 0 saturated carbocycles. The second-order valence-corrected chi connectivity index (χ2v) is 13.7. The van der Waals surface area contributed by atoms with Crippen molar-refractivity contribution in [3.8, 4) is 67.1 Å². The summed E-state index contributed by atoms with van der Waals surface area (Å²) in [6.45, 7) is 0. The van der Waals surface area contributed by atoms with Crippen molar-refractivity contribution in [1.29, 1.82) is 0 Å². The molecule has 0 spiro atoms. The second kappa shape index (κ2) is 13.4. The largest absolute Gasteiger partial charge is 0.456 e. The van der Waals surface area contributed by atoms with E-state index in [0.29, 0.717) is 0 Å². The first-order valence-corrected chi connectivity index (χ1v) is 18.4. The zero-order valence-electron chi connectivity index (χ0n) is 29.6. The maximum absolute atomic E-state index is 7.03. The first kappa shape index (κ1) is 31.6. The molecule has 0 aromatic heterocycles. The van der Waals surface area contributed by atoms with Crippen LogP contribution in [0, 0.1) is 0 Å². The van der Waals surface area contributed by atoms with Gasteiger partial charge in [-0.1, -0.05) is 158 Å². The first-order valence-electron chi connectivity index (χ1n) is 18.4. The molecule has 9 aromatic carbocycles. The number of hydrogen-bond acceptors (Lipinski definition) is 2. The third-order valence-corrected chi connectivity index (χ3v) is 10.5. The Labute approximate surface area is 315 Å². The molecule has 0 unspecified atom stereocenters. The number of fused-ring (bicyclic) bond motifs is 7. The Hall–Kier alpha value is -7.16. The van der Waals surface area contributed by atoms with Gasteiger partial charge in [-0.25, -0.2) is 0 Å². The summed E-state index contributed by atoms with van der Waals surface area (Å²) in [5.41, 5.74) is 14.8. The molecule has 0 N–H and O–H groups in total. The van der Waals surface area contributed by atoms with Gasteiger partial charge in [-0.3, -0.25) is 0 Å². The van der Waals surface area contributed by atoms with Crippen LogP contribution in [0.5, 0.6) is 11.5 Å². The van der Waals surface area contributed by atoms with Crippen LogP contribution in [0.1, 0.15) is 0 Å². The highest BCUT2D eigenvalue weighted by Crippen LogP contribution is 2.52. The van der Waals surface area contributed by atoms with Gasteiger partial charge in [0.2, 0.25) is 0 Å². The molecule has 0 radical (unpaired) electrons. The van der Waals surface area contributed by atoms with Crippen LogP contribution in [0.4, 0.5) is 17.1 Å². The van der Waals surface area contributed by atoms with E-state index in [4.69, 9.17) is 4.74 Å². The number of anilines is 3. The van der Waals surface area contributed by atoms with E-state index in [-0.39, 0.29) is 0 Å². The van der Waals surface area contributed by atoms with E-state index in [2.05, 4.69) is 217 Å². The fraction of sp³-hybridized carbons (Fsp3) is 0. The van der Waals surface area contributed by atoms with Crippen molar-refractivity contribution in [1.82, 2.24) is 0 Å². The van der Waals surface area contributed by atoms with Gasteiger partial charge in [-0.05, 0) is 104 Å². The molecular formula is C52H35NO. The van der Waals surface area contributed by atoms with Crippen molar-refractivity contribution in [3.63, 3.8) is 0 Å². The molecular weight excluding hydrogens is 655 g/mol. The van der Waals surface area contributed by atoms with E-state index < -0.39 is 0 Å². The summed E-state index contributed by atoms with van der Waals surface area (Å²) >= 11 is 0. The van der Waals surface area contributed by atoms with Gasteiger partial charge in [0.15, 0.2) is 0 Å². The van der Waals surface area contributed by atoms with Crippen LogP contribution in [-0.2, 0) is 0 Å². The molecule has 254 valence electrons. The molecule has 9 aromatic rings. The molecule has 1 aliphatic rings. The number of benzene rings is 9. The summed E-state index contributed by atoms with van der Waals surface area (Å²) in [5.74, 6) is 1.67. The third-order valence-electron chi connectivity index (χ3n) is 10.5. The molecule has 2 heteroatoms. The van der Waals surface area contributed by atoms with Gasteiger partial charge in [0.05, 0.1) is 0 Å². The second-order valence-electron chi connectivity index (χ2n) is 13.7. The average molecular weight is 690 g/mol. The van der Waals surface area contributed by atoms with Crippen LogP contribution in [0.25, 0.3) is 66.4 Å². The van der Waals surface area contributed by atoms with Gasteiger partial charge in [0.1, 0.15) is 11.5 Å². The minimum Gasteiger partial charge on any atom is -0.456 e. The van der Waals surface area contributed by atoms with Crippen molar-refractivity contribution < 1.29 is 4.74 Å². The van der Waals surface area contributed by atoms with Crippen molar-refractivity contribution in [2.75, 3.05) is 4.90 Å². The molecule has 0 bridgehead atoms. The molecule has 54 heavy (non-hydrogen) atoms. The van der Waals surface area contributed by atoms with Gasteiger partial charge in [0, 0.05) is 34.3 Å². The lowest BCUT2D eigenvalue weighted by Gasteiger charge is -2.27. The van der Waals surface area contributed by atoms with Gasteiger partial charge >= 0.3 is 0 Å². The van der Waals surface area contributed by atoms with Gasteiger partial charge in [-0.15, -0.1) is 0 Å². The maximum Gasteiger partial charge on any atom is 0.137 e. The molecule has 1 heterocycles. The van der Waals surface area contributed by atoms with E-state index in [1.165, 1.54) is 49.7 Å². The van der Waals surface area contributed by atoms with Crippen molar-refractivity contribution in [2.45, 2.75) is 0 Å². The van der Waals surface area contributed by atoms with Crippen LogP contribution in [0.2, 0.25) is 0 Å². The highest BCUT2D eigenvalue weighted by atomic mass is 16.5. The first-order chi connectivity index (χ1) is 26.8. The number of hydrogen-bond donors (Lipinski definition) is 0. The Morgan fingerprint density at radius 2 is 0.778 bits per heavy atom. The predicted molar refractivity (Wildman–Crippen MR) is 226 cm³/mol. The van der Waals surface area contributed by atoms with E-state index in [1.54, 1.807) is 0 Å². The SMILES string of the molecule is c1ccc(-c2ccc(N(c3ccc(-c4ccccc4)cc3)c3ccc4c(c3)Oc3ccc5ccccc5c3-c3cc(-c5ccccc5)ccc3-4)cc2)cc1. The molecule has 0 atom stereocenters. The van der Waals surface area contributed by atoms with Crippen LogP contribution >= 0.6 is 0 Å². The molecule has 0 aliphatic carbocycles. The lowest BCUT2D eigenvalue weighted by molar-refractivity contribution is 0.488. The Morgan fingerprint density at radius 3 is 1.39 bits per heavy atom. The van der Waals surface area contributed by atoms with E-state index >= 15 is 0 Å². The fourth-order valence-corrected chi connectivity index (χ4v) is 7.80. The van der Waals surface area contributed by atoms with E-state index in [9.17, 15) is 0 Å². The smallest absolute Gasteiger partial charge is 0.137 e. The molecule has 0 amide bonds. The molecule has 0 fully saturated rings. The zero-order valence-corrected chi connectivity index (χ0v) is 29.6. The number of nitrogens with zero attached hydrogens (tertiary/aromatic N) is 1. The highest BCUT2D eigenvalue weighted by molar-refractivity contribution is 6.06. The van der Waals surface area contributed by atoms with Crippen molar-refractivity contribution in [2.24, 2.45) is 0 Å². The van der Waals surface area contributed by atoms with Crippen LogP contribution in [0.15, 0.2) is 212 Å². The van der Waals surface area contributed by atoms with Crippen molar-refractivity contribution >= 4 is 27.8 Å².